The number of fused-ring (bicyclic) bond motifs is 1. The Kier molecular flexibility index (Phi) is 3.49. The van der Waals surface area contributed by atoms with Crippen molar-refractivity contribution < 1.29 is 4.74 Å². The van der Waals surface area contributed by atoms with Crippen LogP contribution in [0.2, 0.25) is 5.02 Å². The molecule has 0 unspecified atom stereocenters. The molecule has 0 bridgehead atoms. The first-order chi connectivity index (χ1) is 9.31. The molecule has 1 aliphatic heterocycles. The van der Waals surface area contributed by atoms with E-state index in [0.29, 0.717) is 5.02 Å². The number of piperazine rings is 1. The lowest BCUT2D eigenvalue weighted by Gasteiger charge is -2.31. The third kappa shape index (κ3) is 2.24. The van der Waals surface area contributed by atoms with E-state index in [9.17, 15) is 0 Å². The molecule has 3 rings (SSSR count). The Morgan fingerprint density at radius 1 is 1.16 bits per heavy atom. The first-order valence-electron chi connectivity index (χ1n) is 6.52. The van der Waals surface area contributed by atoms with Crippen molar-refractivity contribution in [2.24, 2.45) is 0 Å². The normalized spacial score (nSPS) is 15.8. The predicted molar refractivity (Wildman–Crippen MR) is 80.6 cm³/mol. The SMILES string of the molecule is COc1c(Cl)cc(N2CCNCC2)c2ccccc12. The second-order valence-electron chi connectivity index (χ2n) is 4.69. The van der Waals surface area contributed by atoms with Crippen molar-refractivity contribution in [3.05, 3.63) is 35.4 Å². The molecule has 0 aromatic heterocycles. The second kappa shape index (κ2) is 5.27. The molecule has 1 aliphatic rings. The molecule has 0 radical (unpaired) electrons. The standard InChI is InChI=1S/C15H17ClN2O/c1-19-15-12-5-3-2-4-11(12)14(10-13(15)16)18-8-6-17-7-9-18/h2-5,10,17H,6-9H2,1H3. The summed E-state index contributed by atoms with van der Waals surface area (Å²) >= 11 is 6.36. The van der Waals surface area contributed by atoms with E-state index in [-0.39, 0.29) is 0 Å². The predicted octanol–water partition coefficient (Wildman–Crippen LogP) is 2.91. The van der Waals surface area contributed by atoms with Crippen LogP contribution < -0.4 is 15.0 Å². The summed E-state index contributed by atoms with van der Waals surface area (Å²) in [5.41, 5.74) is 1.20. The first-order valence-corrected chi connectivity index (χ1v) is 6.90. The lowest BCUT2D eigenvalue weighted by molar-refractivity contribution is 0.420. The molecule has 0 amide bonds. The zero-order valence-electron chi connectivity index (χ0n) is 10.9. The van der Waals surface area contributed by atoms with Crippen LogP contribution in [0.5, 0.6) is 5.75 Å². The van der Waals surface area contributed by atoms with Gasteiger partial charge in [0.15, 0.2) is 0 Å². The van der Waals surface area contributed by atoms with Crippen LogP contribution in [0, 0.1) is 0 Å². The third-order valence-corrected chi connectivity index (χ3v) is 3.87. The summed E-state index contributed by atoms with van der Waals surface area (Å²) in [4.78, 5) is 2.38. The van der Waals surface area contributed by atoms with Crippen molar-refractivity contribution in [1.82, 2.24) is 5.32 Å². The molecule has 1 saturated heterocycles. The van der Waals surface area contributed by atoms with Gasteiger partial charge in [-0.25, -0.2) is 0 Å². The molecule has 0 saturated carbocycles. The molecule has 0 atom stereocenters. The number of nitrogens with zero attached hydrogens (tertiary/aromatic N) is 1. The highest BCUT2D eigenvalue weighted by molar-refractivity contribution is 6.34. The molecule has 0 spiro atoms. The van der Waals surface area contributed by atoms with Crippen molar-refractivity contribution in [1.29, 1.82) is 0 Å². The molecular weight excluding hydrogens is 260 g/mol. The fourth-order valence-electron chi connectivity index (χ4n) is 2.67. The van der Waals surface area contributed by atoms with Crippen molar-refractivity contribution in [2.75, 3.05) is 38.2 Å². The van der Waals surface area contributed by atoms with Crippen molar-refractivity contribution in [3.8, 4) is 5.75 Å². The monoisotopic (exact) mass is 276 g/mol. The fraction of sp³-hybridized carbons (Fsp3) is 0.333. The van der Waals surface area contributed by atoms with Crippen LogP contribution in [0.1, 0.15) is 0 Å². The van der Waals surface area contributed by atoms with Gasteiger partial charge >= 0.3 is 0 Å². The Morgan fingerprint density at radius 2 is 1.84 bits per heavy atom. The lowest BCUT2D eigenvalue weighted by Crippen LogP contribution is -2.43. The number of methoxy groups -OCH3 is 1. The molecule has 3 nitrogen and oxygen atoms in total. The van der Waals surface area contributed by atoms with Crippen LogP contribution in [0.4, 0.5) is 5.69 Å². The van der Waals surface area contributed by atoms with Gasteiger partial charge in [-0.2, -0.15) is 0 Å². The van der Waals surface area contributed by atoms with Crippen molar-refractivity contribution in [2.45, 2.75) is 0 Å². The lowest BCUT2D eigenvalue weighted by atomic mass is 10.1. The van der Waals surface area contributed by atoms with Gasteiger partial charge in [-0.05, 0) is 6.07 Å². The van der Waals surface area contributed by atoms with Gasteiger partial charge in [-0.15, -0.1) is 0 Å². The minimum atomic E-state index is 0.676. The number of hydrogen-bond acceptors (Lipinski definition) is 3. The Balaban J connectivity index is 2.19. The average molecular weight is 277 g/mol. The molecule has 100 valence electrons. The minimum Gasteiger partial charge on any atom is -0.495 e. The quantitative estimate of drug-likeness (QED) is 0.913. The molecule has 4 heteroatoms. The average Bonchev–Trinajstić information content (AvgIpc) is 2.47. The van der Waals surface area contributed by atoms with E-state index in [0.717, 1.165) is 37.3 Å². The Hall–Kier alpha value is -1.45. The van der Waals surface area contributed by atoms with Gasteiger partial charge in [-0.1, -0.05) is 35.9 Å². The van der Waals surface area contributed by atoms with E-state index >= 15 is 0 Å². The Labute approximate surface area is 118 Å². The van der Waals surface area contributed by atoms with Gasteiger partial charge in [0.1, 0.15) is 5.75 Å². The maximum Gasteiger partial charge on any atom is 0.145 e. The fourth-order valence-corrected chi connectivity index (χ4v) is 2.95. The molecule has 19 heavy (non-hydrogen) atoms. The number of halogens is 1. The molecule has 2 aromatic carbocycles. The third-order valence-electron chi connectivity index (χ3n) is 3.59. The van der Waals surface area contributed by atoms with Crippen LogP contribution in [-0.2, 0) is 0 Å². The summed E-state index contributed by atoms with van der Waals surface area (Å²) in [6.45, 7) is 4.04. The smallest absolute Gasteiger partial charge is 0.145 e. The van der Waals surface area contributed by atoms with Gasteiger partial charge in [0.25, 0.3) is 0 Å². The molecule has 1 heterocycles. The number of ether oxygens (including phenoxy) is 1. The van der Waals surface area contributed by atoms with Crippen molar-refractivity contribution in [3.63, 3.8) is 0 Å². The van der Waals surface area contributed by atoms with Gasteiger partial charge < -0.3 is 15.0 Å². The van der Waals surface area contributed by atoms with Gasteiger partial charge in [-0.3, -0.25) is 0 Å². The molecule has 1 fully saturated rings. The molecule has 1 N–H and O–H groups in total. The van der Waals surface area contributed by atoms with Gasteiger partial charge in [0.05, 0.1) is 12.1 Å². The van der Waals surface area contributed by atoms with Crippen LogP contribution in [0.15, 0.2) is 30.3 Å². The number of benzene rings is 2. The number of hydrogen-bond donors (Lipinski definition) is 1. The second-order valence-corrected chi connectivity index (χ2v) is 5.10. The van der Waals surface area contributed by atoms with E-state index in [1.165, 1.54) is 11.1 Å². The van der Waals surface area contributed by atoms with E-state index in [2.05, 4.69) is 28.4 Å². The molecule has 2 aromatic rings. The van der Waals surface area contributed by atoms with Crippen LogP contribution in [-0.4, -0.2) is 33.3 Å². The van der Waals surface area contributed by atoms with E-state index in [4.69, 9.17) is 16.3 Å². The zero-order chi connectivity index (χ0) is 13.2. The first kappa shape index (κ1) is 12.6. The maximum absolute atomic E-state index is 6.36. The maximum atomic E-state index is 6.36. The largest absolute Gasteiger partial charge is 0.495 e. The molecule has 0 aliphatic carbocycles. The highest BCUT2D eigenvalue weighted by atomic mass is 35.5. The summed E-state index contributed by atoms with van der Waals surface area (Å²) < 4.78 is 5.44. The zero-order valence-corrected chi connectivity index (χ0v) is 11.7. The van der Waals surface area contributed by atoms with E-state index < -0.39 is 0 Å². The topological polar surface area (TPSA) is 24.5 Å². The molecular formula is C15H17ClN2O. The van der Waals surface area contributed by atoms with E-state index in [1.807, 2.05) is 12.1 Å². The number of nitrogens with one attached hydrogen (secondary N) is 1. The Bertz CT molecular complexity index is 594. The van der Waals surface area contributed by atoms with Crippen LogP contribution in [0.25, 0.3) is 10.8 Å². The highest BCUT2D eigenvalue weighted by Gasteiger charge is 2.17. The summed E-state index contributed by atoms with van der Waals surface area (Å²) in [6, 6.07) is 10.3. The minimum absolute atomic E-state index is 0.676. The Morgan fingerprint density at radius 3 is 2.53 bits per heavy atom. The van der Waals surface area contributed by atoms with Crippen LogP contribution >= 0.6 is 11.6 Å². The van der Waals surface area contributed by atoms with Crippen LogP contribution in [0.3, 0.4) is 0 Å². The summed E-state index contributed by atoms with van der Waals surface area (Å²) in [7, 11) is 1.66. The summed E-state index contributed by atoms with van der Waals surface area (Å²) in [5, 5.41) is 6.32. The number of anilines is 1. The highest BCUT2D eigenvalue weighted by Crippen LogP contribution is 2.39. The van der Waals surface area contributed by atoms with Gasteiger partial charge in [0, 0.05) is 42.6 Å². The summed E-state index contributed by atoms with van der Waals surface area (Å²) in [5.74, 6) is 0.760. The van der Waals surface area contributed by atoms with Gasteiger partial charge in [0.2, 0.25) is 0 Å². The van der Waals surface area contributed by atoms with Crippen molar-refractivity contribution >= 4 is 28.1 Å². The summed E-state index contributed by atoms with van der Waals surface area (Å²) in [6.07, 6.45) is 0. The van der Waals surface area contributed by atoms with E-state index in [1.54, 1.807) is 7.11 Å². The number of rotatable bonds is 2.